The van der Waals surface area contributed by atoms with Crippen molar-refractivity contribution in [3.05, 3.63) is 70.8 Å². The summed E-state index contributed by atoms with van der Waals surface area (Å²) < 4.78 is 29.1. The molecule has 0 saturated heterocycles. The lowest BCUT2D eigenvalue weighted by atomic mass is 10.1. The second kappa shape index (κ2) is 11.6. The lowest BCUT2D eigenvalue weighted by Crippen LogP contribution is -2.12. The molecule has 0 radical (unpaired) electrons. The first-order valence-electron chi connectivity index (χ1n) is 10.8. The minimum Gasteiger partial charge on any atom is -0.445 e. The van der Waals surface area contributed by atoms with Crippen LogP contribution >= 0.6 is 19.2 Å². The molecule has 0 aliphatic carbocycles. The Morgan fingerprint density at radius 1 is 1.06 bits per heavy atom. The minimum atomic E-state index is -3.17. The molecule has 0 aliphatic heterocycles. The summed E-state index contributed by atoms with van der Waals surface area (Å²) in [4.78, 5) is 16.9. The summed E-state index contributed by atoms with van der Waals surface area (Å²) in [7, 11) is -3.17. The lowest BCUT2D eigenvalue weighted by Gasteiger charge is -2.17. The van der Waals surface area contributed by atoms with E-state index in [0.717, 1.165) is 11.1 Å². The second-order valence-electron chi connectivity index (χ2n) is 7.36. The Kier molecular flexibility index (Phi) is 8.87. The number of carbonyl (C=O) groups excluding carboxylic acids is 1. The molecular formula is C24H28ClN2O5P. The van der Waals surface area contributed by atoms with Gasteiger partial charge in [-0.1, -0.05) is 35.9 Å². The average Bonchev–Trinajstić information content (AvgIpc) is 3.15. The van der Waals surface area contributed by atoms with Crippen LogP contribution in [0.2, 0.25) is 5.02 Å². The van der Waals surface area contributed by atoms with Gasteiger partial charge in [0, 0.05) is 36.0 Å². The topological polar surface area (TPSA) is 90.7 Å². The van der Waals surface area contributed by atoms with E-state index in [1.165, 1.54) is 0 Å². The Morgan fingerprint density at radius 3 is 2.30 bits per heavy atom. The van der Waals surface area contributed by atoms with Gasteiger partial charge in [0.05, 0.1) is 19.4 Å². The van der Waals surface area contributed by atoms with Crippen LogP contribution in [0.15, 0.2) is 52.9 Å². The first-order valence-corrected chi connectivity index (χ1v) is 12.9. The number of carbonyl (C=O) groups is 1. The molecule has 7 nitrogen and oxygen atoms in total. The fraction of sp³-hybridized carbons (Fsp3) is 0.333. The summed E-state index contributed by atoms with van der Waals surface area (Å²) in [6.07, 6.45) is 0.830. The Labute approximate surface area is 199 Å². The van der Waals surface area contributed by atoms with E-state index in [-0.39, 0.29) is 18.5 Å². The fourth-order valence-electron chi connectivity index (χ4n) is 3.36. The smallest absolute Gasteiger partial charge is 0.335 e. The molecule has 1 aromatic heterocycles. The van der Waals surface area contributed by atoms with Crippen molar-refractivity contribution in [2.75, 3.05) is 18.5 Å². The Bertz CT molecular complexity index is 1100. The standard InChI is InChI=1S/C24H28ClN2O5P/c1-4-30-33(29,31-5-2)16-18-6-12-21(13-7-18)27-23(28)15-14-22-24(26-17(3)32-22)19-8-10-20(25)11-9-19/h6-13H,4-5,14-16H2,1-3H3,(H,27,28). The van der Waals surface area contributed by atoms with Gasteiger partial charge in [-0.15, -0.1) is 0 Å². The van der Waals surface area contributed by atoms with Gasteiger partial charge < -0.3 is 18.8 Å². The first kappa shape index (κ1) is 25.2. The average molecular weight is 491 g/mol. The first-order chi connectivity index (χ1) is 15.8. The van der Waals surface area contributed by atoms with Crippen LogP contribution in [0.5, 0.6) is 0 Å². The molecule has 0 spiro atoms. The van der Waals surface area contributed by atoms with Gasteiger partial charge in [-0.25, -0.2) is 4.98 Å². The number of nitrogens with one attached hydrogen (secondary N) is 1. The second-order valence-corrected chi connectivity index (χ2v) is 9.85. The van der Waals surface area contributed by atoms with E-state index in [1.807, 2.05) is 12.1 Å². The molecule has 3 rings (SSSR count). The summed E-state index contributed by atoms with van der Waals surface area (Å²) in [5.74, 6) is 1.05. The highest BCUT2D eigenvalue weighted by Crippen LogP contribution is 2.51. The molecule has 0 unspecified atom stereocenters. The molecule has 2 aromatic carbocycles. The molecule has 0 bridgehead atoms. The molecule has 176 valence electrons. The Hall–Kier alpha value is -2.44. The van der Waals surface area contributed by atoms with Gasteiger partial charge in [0.15, 0.2) is 5.89 Å². The summed E-state index contributed by atoms with van der Waals surface area (Å²) in [5.41, 5.74) is 3.06. The van der Waals surface area contributed by atoms with Crippen LogP contribution in [0.25, 0.3) is 11.3 Å². The highest BCUT2D eigenvalue weighted by molar-refractivity contribution is 7.53. The van der Waals surface area contributed by atoms with Gasteiger partial charge >= 0.3 is 7.60 Å². The molecule has 1 N–H and O–H groups in total. The van der Waals surface area contributed by atoms with Gasteiger partial charge in [0.25, 0.3) is 0 Å². The number of oxazole rings is 1. The SMILES string of the molecule is CCOP(=O)(Cc1ccc(NC(=O)CCc2oc(C)nc2-c2ccc(Cl)cc2)cc1)OCC. The van der Waals surface area contributed by atoms with Gasteiger partial charge in [0.1, 0.15) is 11.5 Å². The van der Waals surface area contributed by atoms with Crippen molar-refractivity contribution >= 4 is 30.8 Å². The predicted octanol–water partition coefficient (Wildman–Crippen LogP) is 6.64. The van der Waals surface area contributed by atoms with Crippen molar-refractivity contribution in [1.29, 1.82) is 0 Å². The van der Waals surface area contributed by atoms with Gasteiger partial charge in [-0.2, -0.15) is 0 Å². The number of nitrogens with zero attached hydrogens (tertiary/aromatic N) is 1. The maximum Gasteiger partial charge on any atom is 0.335 e. The van der Waals surface area contributed by atoms with E-state index in [9.17, 15) is 9.36 Å². The third kappa shape index (κ3) is 7.27. The molecule has 3 aromatic rings. The number of anilines is 1. The number of amides is 1. The number of aryl methyl sites for hydroxylation is 2. The number of halogens is 1. The molecule has 33 heavy (non-hydrogen) atoms. The summed E-state index contributed by atoms with van der Waals surface area (Å²) in [6, 6.07) is 14.5. The molecule has 1 heterocycles. The maximum absolute atomic E-state index is 12.7. The van der Waals surface area contributed by atoms with E-state index in [0.29, 0.717) is 47.7 Å². The molecular weight excluding hydrogens is 463 g/mol. The summed E-state index contributed by atoms with van der Waals surface area (Å²) >= 11 is 5.97. The van der Waals surface area contributed by atoms with Crippen molar-refractivity contribution in [1.82, 2.24) is 4.98 Å². The van der Waals surface area contributed by atoms with Crippen LogP contribution in [0, 0.1) is 6.92 Å². The fourth-order valence-corrected chi connectivity index (χ4v) is 5.19. The van der Waals surface area contributed by atoms with Crippen molar-refractivity contribution in [2.24, 2.45) is 0 Å². The quantitative estimate of drug-likeness (QED) is 0.303. The Morgan fingerprint density at radius 2 is 1.70 bits per heavy atom. The summed E-state index contributed by atoms with van der Waals surface area (Å²) in [6.45, 7) is 5.97. The van der Waals surface area contributed by atoms with Crippen molar-refractivity contribution in [3.8, 4) is 11.3 Å². The highest BCUT2D eigenvalue weighted by Gasteiger charge is 2.24. The zero-order valence-electron chi connectivity index (χ0n) is 19.0. The number of benzene rings is 2. The van der Waals surface area contributed by atoms with Gasteiger partial charge in [0.2, 0.25) is 5.91 Å². The van der Waals surface area contributed by atoms with E-state index < -0.39 is 7.60 Å². The third-order valence-electron chi connectivity index (χ3n) is 4.77. The maximum atomic E-state index is 12.7. The van der Waals surface area contributed by atoms with Crippen molar-refractivity contribution in [2.45, 2.75) is 39.8 Å². The van der Waals surface area contributed by atoms with Gasteiger partial charge in [-0.3, -0.25) is 9.36 Å². The van der Waals surface area contributed by atoms with Gasteiger partial charge in [-0.05, 0) is 43.7 Å². The van der Waals surface area contributed by atoms with Crippen molar-refractivity contribution in [3.63, 3.8) is 0 Å². The third-order valence-corrected chi connectivity index (χ3v) is 7.07. The number of hydrogen-bond donors (Lipinski definition) is 1. The molecule has 0 saturated carbocycles. The number of aromatic nitrogens is 1. The van der Waals surface area contributed by atoms with Crippen molar-refractivity contribution < 1.29 is 22.8 Å². The Balaban J connectivity index is 1.59. The van der Waals surface area contributed by atoms with Crippen LogP contribution in [-0.2, 0) is 31.0 Å². The molecule has 9 heteroatoms. The predicted molar refractivity (Wildman–Crippen MR) is 130 cm³/mol. The normalized spacial score (nSPS) is 11.5. The van der Waals surface area contributed by atoms with E-state index in [2.05, 4.69) is 10.3 Å². The largest absolute Gasteiger partial charge is 0.445 e. The zero-order valence-corrected chi connectivity index (χ0v) is 20.6. The van der Waals surface area contributed by atoms with E-state index in [4.69, 9.17) is 25.1 Å². The van der Waals surface area contributed by atoms with Crippen LogP contribution < -0.4 is 5.32 Å². The van der Waals surface area contributed by atoms with Crippen LogP contribution in [-0.4, -0.2) is 24.1 Å². The minimum absolute atomic E-state index is 0.145. The molecule has 1 amide bonds. The molecule has 0 fully saturated rings. The van der Waals surface area contributed by atoms with E-state index in [1.54, 1.807) is 57.2 Å². The van der Waals surface area contributed by atoms with Crippen LogP contribution in [0.1, 0.15) is 37.5 Å². The monoisotopic (exact) mass is 490 g/mol. The highest BCUT2D eigenvalue weighted by atomic mass is 35.5. The van der Waals surface area contributed by atoms with E-state index >= 15 is 0 Å². The number of rotatable bonds is 11. The lowest BCUT2D eigenvalue weighted by molar-refractivity contribution is -0.116. The molecule has 0 aliphatic rings. The van der Waals surface area contributed by atoms with Crippen LogP contribution in [0.4, 0.5) is 5.69 Å². The van der Waals surface area contributed by atoms with Crippen LogP contribution in [0.3, 0.4) is 0 Å². The molecule has 0 atom stereocenters. The summed E-state index contributed by atoms with van der Waals surface area (Å²) in [5, 5.41) is 3.52. The number of hydrogen-bond acceptors (Lipinski definition) is 6. The zero-order chi connectivity index (χ0) is 23.8.